The monoisotopic (exact) mass is 1020 g/mol. The topological polar surface area (TPSA) is 78.9 Å². The van der Waals surface area contributed by atoms with Crippen molar-refractivity contribution in [3.05, 3.63) is 60.8 Å². The Morgan fingerprint density at radius 1 is 0.288 bits per heavy atom. The Balaban J connectivity index is 4.39. The lowest BCUT2D eigenvalue weighted by molar-refractivity contribution is -0.167. The SMILES string of the molecule is CC/C=C\C/C=C\C/C=C\C/C=C\C/C=C\CCCCCC(=O)OC[C@H](COC(=O)CCCCCCCCCCCCCCCCCCCCC)OC(=O)CCCCCCCCCCCCCCCCCCC. The summed E-state index contributed by atoms with van der Waals surface area (Å²) in [5.41, 5.74) is 0. The highest BCUT2D eigenvalue weighted by Gasteiger charge is 2.19. The molecule has 73 heavy (non-hydrogen) atoms. The van der Waals surface area contributed by atoms with Crippen LogP contribution in [-0.2, 0) is 28.6 Å². The number of carbonyl (C=O) groups excluding carboxylic acids is 3. The molecule has 0 spiro atoms. The Bertz CT molecular complexity index is 1310. The molecular weight excluding hydrogens is 901 g/mol. The highest BCUT2D eigenvalue weighted by atomic mass is 16.6. The quantitative estimate of drug-likeness (QED) is 0.0261. The predicted octanol–water partition coefficient (Wildman–Crippen LogP) is 21.6. The molecule has 0 aliphatic heterocycles. The van der Waals surface area contributed by atoms with Crippen molar-refractivity contribution in [2.75, 3.05) is 13.2 Å². The third-order valence-corrected chi connectivity index (χ3v) is 14.0. The maximum atomic E-state index is 12.9. The minimum atomic E-state index is -0.786. The molecule has 0 amide bonds. The summed E-state index contributed by atoms with van der Waals surface area (Å²) in [6.07, 6.45) is 77.9. The first-order chi connectivity index (χ1) is 36.0. The molecule has 0 aliphatic rings. The number of esters is 3. The minimum absolute atomic E-state index is 0.0801. The Morgan fingerprint density at radius 3 is 0.836 bits per heavy atom. The van der Waals surface area contributed by atoms with E-state index in [0.717, 1.165) is 96.3 Å². The minimum Gasteiger partial charge on any atom is -0.462 e. The van der Waals surface area contributed by atoms with Crippen LogP contribution in [0.1, 0.15) is 329 Å². The van der Waals surface area contributed by atoms with E-state index in [-0.39, 0.29) is 31.1 Å². The lowest BCUT2D eigenvalue weighted by Gasteiger charge is -2.18. The first-order valence-corrected chi connectivity index (χ1v) is 31.8. The molecule has 0 rings (SSSR count). The second kappa shape index (κ2) is 61.7. The van der Waals surface area contributed by atoms with E-state index in [1.807, 2.05) is 0 Å². The van der Waals surface area contributed by atoms with Gasteiger partial charge in [-0.2, -0.15) is 0 Å². The molecule has 1 atom stereocenters. The summed E-state index contributed by atoms with van der Waals surface area (Å²) in [5.74, 6) is -0.892. The van der Waals surface area contributed by atoms with Crippen molar-refractivity contribution < 1.29 is 28.6 Å². The summed E-state index contributed by atoms with van der Waals surface area (Å²) >= 11 is 0. The molecule has 0 aromatic carbocycles. The van der Waals surface area contributed by atoms with Gasteiger partial charge in [-0.1, -0.05) is 306 Å². The van der Waals surface area contributed by atoms with Crippen molar-refractivity contribution in [2.24, 2.45) is 0 Å². The zero-order valence-electron chi connectivity index (χ0n) is 48.7. The zero-order chi connectivity index (χ0) is 52.9. The van der Waals surface area contributed by atoms with Crippen molar-refractivity contribution in [1.82, 2.24) is 0 Å². The average molecular weight is 1020 g/mol. The van der Waals surface area contributed by atoms with Crippen LogP contribution in [-0.4, -0.2) is 37.2 Å². The standard InChI is InChI=1S/C67H120O6/c1-4-7-10-13-16-19-22-25-28-31-33-36-38-41-44-47-50-53-56-59-65(68)71-62-64(73-67(70)61-58-55-52-49-46-43-40-35-30-27-24-21-18-15-12-9-6-3)63-72-66(69)60-57-54-51-48-45-42-39-37-34-32-29-26-23-20-17-14-11-8-5-2/h7,10,16,19,25,28,33,36,41,44,64H,4-6,8-9,11-15,17-18,20-24,26-27,29-32,34-35,37-40,42-43,45-63H2,1-3H3/b10-7-,19-16-,28-25-,36-33-,44-41-/t64-/m1/s1. The van der Waals surface area contributed by atoms with E-state index in [4.69, 9.17) is 14.2 Å². The number of rotatable bonds is 58. The Hall–Kier alpha value is -2.89. The van der Waals surface area contributed by atoms with Crippen molar-refractivity contribution >= 4 is 17.9 Å². The summed E-state index contributed by atoms with van der Waals surface area (Å²) in [5, 5.41) is 0. The van der Waals surface area contributed by atoms with Crippen LogP contribution >= 0.6 is 0 Å². The van der Waals surface area contributed by atoms with Gasteiger partial charge in [0.25, 0.3) is 0 Å². The van der Waals surface area contributed by atoms with Crippen LogP contribution in [0.15, 0.2) is 60.8 Å². The van der Waals surface area contributed by atoms with E-state index in [1.54, 1.807) is 0 Å². The first kappa shape index (κ1) is 70.1. The molecule has 0 aromatic heterocycles. The van der Waals surface area contributed by atoms with Crippen LogP contribution in [0.25, 0.3) is 0 Å². The first-order valence-electron chi connectivity index (χ1n) is 31.8. The fourth-order valence-corrected chi connectivity index (χ4v) is 9.30. The van der Waals surface area contributed by atoms with E-state index < -0.39 is 6.10 Å². The number of carbonyl (C=O) groups is 3. The van der Waals surface area contributed by atoms with Gasteiger partial charge in [0.05, 0.1) is 0 Å². The maximum absolute atomic E-state index is 12.9. The van der Waals surface area contributed by atoms with E-state index in [1.165, 1.54) is 193 Å². The molecule has 0 bridgehead atoms. The van der Waals surface area contributed by atoms with Crippen molar-refractivity contribution in [3.63, 3.8) is 0 Å². The van der Waals surface area contributed by atoms with Crippen molar-refractivity contribution in [1.29, 1.82) is 0 Å². The molecule has 6 heteroatoms. The molecule has 424 valence electrons. The smallest absolute Gasteiger partial charge is 0.306 e. The third-order valence-electron chi connectivity index (χ3n) is 14.0. The highest BCUT2D eigenvalue weighted by Crippen LogP contribution is 2.17. The van der Waals surface area contributed by atoms with E-state index in [9.17, 15) is 14.4 Å². The lowest BCUT2D eigenvalue weighted by atomic mass is 10.0. The van der Waals surface area contributed by atoms with Gasteiger partial charge in [0.1, 0.15) is 13.2 Å². The molecule has 0 N–H and O–H groups in total. The van der Waals surface area contributed by atoms with Gasteiger partial charge in [-0.15, -0.1) is 0 Å². The van der Waals surface area contributed by atoms with Crippen molar-refractivity contribution in [3.8, 4) is 0 Å². The van der Waals surface area contributed by atoms with Crippen LogP contribution in [0, 0.1) is 0 Å². The Morgan fingerprint density at radius 2 is 0.534 bits per heavy atom. The number of hydrogen-bond donors (Lipinski definition) is 0. The van der Waals surface area contributed by atoms with Crippen LogP contribution in [0.4, 0.5) is 0 Å². The molecule has 0 saturated heterocycles. The van der Waals surface area contributed by atoms with E-state index in [0.29, 0.717) is 19.3 Å². The molecular formula is C67H120O6. The fourth-order valence-electron chi connectivity index (χ4n) is 9.30. The van der Waals surface area contributed by atoms with Crippen LogP contribution in [0.2, 0.25) is 0 Å². The van der Waals surface area contributed by atoms with Crippen LogP contribution in [0.5, 0.6) is 0 Å². The number of hydrogen-bond acceptors (Lipinski definition) is 6. The molecule has 6 nitrogen and oxygen atoms in total. The van der Waals surface area contributed by atoms with Gasteiger partial charge in [0.2, 0.25) is 0 Å². The van der Waals surface area contributed by atoms with Gasteiger partial charge in [0, 0.05) is 19.3 Å². The van der Waals surface area contributed by atoms with Crippen LogP contribution in [0.3, 0.4) is 0 Å². The normalized spacial score (nSPS) is 12.4. The summed E-state index contributed by atoms with van der Waals surface area (Å²) in [6, 6.07) is 0. The molecule has 0 aliphatic carbocycles. The van der Waals surface area contributed by atoms with Crippen molar-refractivity contribution in [2.45, 2.75) is 335 Å². The second-order valence-corrected chi connectivity index (χ2v) is 21.3. The Labute approximate surface area is 453 Å². The number of ether oxygens (including phenoxy) is 3. The second-order valence-electron chi connectivity index (χ2n) is 21.3. The van der Waals surface area contributed by atoms with Crippen LogP contribution < -0.4 is 0 Å². The predicted molar refractivity (Wildman–Crippen MR) is 316 cm³/mol. The number of allylic oxidation sites excluding steroid dienone is 10. The summed E-state index contributed by atoms with van der Waals surface area (Å²) in [4.78, 5) is 38.3. The zero-order valence-corrected chi connectivity index (χ0v) is 48.7. The Kier molecular flexibility index (Phi) is 59.2. The maximum Gasteiger partial charge on any atom is 0.306 e. The lowest BCUT2D eigenvalue weighted by Crippen LogP contribution is -2.30. The van der Waals surface area contributed by atoms with Gasteiger partial charge >= 0.3 is 17.9 Å². The molecule has 0 aromatic rings. The molecule has 0 saturated carbocycles. The largest absolute Gasteiger partial charge is 0.462 e. The summed E-state index contributed by atoms with van der Waals surface area (Å²) in [6.45, 7) is 6.56. The van der Waals surface area contributed by atoms with Gasteiger partial charge in [-0.25, -0.2) is 0 Å². The average Bonchev–Trinajstić information content (AvgIpc) is 3.39. The van der Waals surface area contributed by atoms with Gasteiger partial charge in [0.15, 0.2) is 6.10 Å². The molecule has 0 unspecified atom stereocenters. The van der Waals surface area contributed by atoms with Gasteiger partial charge < -0.3 is 14.2 Å². The third kappa shape index (κ3) is 59.9. The van der Waals surface area contributed by atoms with Gasteiger partial charge in [-0.05, 0) is 64.2 Å². The molecule has 0 heterocycles. The summed E-state index contributed by atoms with van der Waals surface area (Å²) in [7, 11) is 0. The molecule has 0 fully saturated rings. The van der Waals surface area contributed by atoms with E-state index in [2.05, 4.69) is 81.5 Å². The summed E-state index contributed by atoms with van der Waals surface area (Å²) < 4.78 is 16.9. The fraction of sp³-hybridized carbons (Fsp3) is 0.806. The van der Waals surface area contributed by atoms with Gasteiger partial charge in [-0.3, -0.25) is 14.4 Å². The van der Waals surface area contributed by atoms with E-state index >= 15 is 0 Å². The number of unbranched alkanes of at least 4 members (excludes halogenated alkanes) is 37. The molecule has 0 radical (unpaired) electrons. The highest BCUT2D eigenvalue weighted by molar-refractivity contribution is 5.71.